The molecule has 0 radical (unpaired) electrons. The average molecular weight is 464 g/mol. The number of benzene rings is 2. The number of carbonyl (C=O) groups excluding carboxylic acids is 2. The molecule has 0 saturated carbocycles. The maximum absolute atomic E-state index is 13.0. The zero-order valence-electron chi connectivity index (χ0n) is 18.3. The number of esters is 1. The molecule has 7 nitrogen and oxygen atoms in total. The molecule has 33 heavy (non-hydrogen) atoms. The number of thiophene rings is 1. The van der Waals surface area contributed by atoms with Crippen LogP contribution in [0.5, 0.6) is 5.75 Å². The van der Waals surface area contributed by atoms with Crippen LogP contribution in [-0.2, 0) is 4.74 Å². The number of para-hydroxylation sites is 1. The van der Waals surface area contributed by atoms with Gasteiger partial charge >= 0.3 is 11.6 Å². The minimum absolute atomic E-state index is 0.154. The number of nitrogens with one attached hydrogen (secondary N) is 1. The highest BCUT2D eigenvalue weighted by Crippen LogP contribution is 2.41. The van der Waals surface area contributed by atoms with Gasteiger partial charge in [-0.25, -0.2) is 9.59 Å². The van der Waals surface area contributed by atoms with E-state index in [0.717, 1.165) is 10.4 Å². The Hall–Kier alpha value is -3.91. The van der Waals surface area contributed by atoms with Crippen LogP contribution in [0.3, 0.4) is 0 Å². The molecule has 1 N–H and O–H groups in total. The lowest BCUT2D eigenvalue weighted by Gasteiger charge is -2.09. The summed E-state index contributed by atoms with van der Waals surface area (Å²) in [6.45, 7) is 4.30. The molecule has 0 spiro atoms. The molecule has 8 heteroatoms. The smallest absolute Gasteiger partial charge is 0.349 e. The number of rotatable bonds is 6. The Morgan fingerprint density at radius 1 is 1.09 bits per heavy atom. The normalized spacial score (nSPS) is 10.8. The molecule has 0 unspecified atom stereocenters. The Morgan fingerprint density at radius 2 is 1.82 bits per heavy atom. The minimum Gasteiger partial charge on any atom is -0.494 e. The first-order chi connectivity index (χ1) is 15.9. The third kappa shape index (κ3) is 4.38. The predicted octanol–water partition coefficient (Wildman–Crippen LogP) is 5.27. The van der Waals surface area contributed by atoms with Crippen molar-refractivity contribution in [2.75, 3.05) is 19.0 Å². The lowest BCUT2D eigenvalue weighted by molar-refractivity contribution is 0.0603. The molecule has 4 aromatic rings. The van der Waals surface area contributed by atoms with E-state index in [-0.39, 0.29) is 11.1 Å². The fourth-order valence-corrected chi connectivity index (χ4v) is 4.61. The Bertz CT molecular complexity index is 1400. The molecule has 0 atom stereocenters. The lowest BCUT2D eigenvalue weighted by atomic mass is 10.0. The largest absolute Gasteiger partial charge is 0.494 e. The molecular weight excluding hydrogens is 442 g/mol. The van der Waals surface area contributed by atoms with Crippen LogP contribution in [0.15, 0.2) is 63.8 Å². The number of ether oxygens (including phenoxy) is 2. The van der Waals surface area contributed by atoms with Gasteiger partial charge in [-0.15, -0.1) is 11.3 Å². The van der Waals surface area contributed by atoms with Crippen LogP contribution in [0.2, 0.25) is 0 Å². The van der Waals surface area contributed by atoms with Crippen LogP contribution in [0.25, 0.3) is 22.1 Å². The van der Waals surface area contributed by atoms with Crippen LogP contribution < -0.4 is 15.7 Å². The van der Waals surface area contributed by atoms with Crippen molar-refractivity contribution in [3.8, 4) is 16.9 Å². The van der Waals surface area contributed by atoms with Gasteiger partial charge in [-0.05, 0) is 43.7 Å². The van der Waals surface area contributed by atoms with E-state index in [1.165, 1.54) is 24.5 Å². The van der Waals surface area contributed by atoms with Crippen molar-refractivity contribution in [2.24, 2.45) is 0 Å². The third-order valence-corrected chi connectivity index (χ3v) is 6.06. The summed E-state index contributed by atoms with van der Waals surface area (Å²) in [7, 11) is 1.28. The molecule has 4 rings (SSSR count). The maximum atomic E-state index is 13.0. The summed E-state index contributed by atoms with van der Waals surface area (Å²) in [5, 5.41) is 3.62. The zero-order chi connectivity index (χ0) is 23.5. The summed E-state index contributed by atoms with van der Waals surface area (Å²) in [4.78, 5) is 38.9. The van der Waals surface area contributed by atoms with E-state index in [4.69, 9.17) is 13.9 Å². The molecule has 0 saturated heterocycles. The standard InChI is InChI=1S/C25H21NO6S/c1-4-31-17-11-9-15(10-12-17)20-14(2)33-23(21(20)25(29)30-3)26-22(27)18-13-16-7-5-6-8-19(16)32-24(18)28/h5-13H,4H2,1-3H3,(H,26,27). The summed E-state index contributed by atoms with van der Waals surface area (Å²) in [5.41, 5.74) is 1.12. The summed E-state index contributed by atoms with van der Waals surface area (Å²) in [6.07, 6.45) is 0. The molecule has 0 bridgehead atoms. The second kappa shape index (κ2) is 9.30. The number of fused-ring (bicyclic) bond motifs is 1. The molecule has 0 aliphatic heterocycles. The first kappa shape index (κ1) is 22.3. The average Bonchev–Trinajstić information content (AvgIpc) is 3.14. The van der Waals surface area contributed by atoms with Crippen molar-refractivity contribution in [3.05, 3.63) is 81.0 Å². The fourth-order valence-electron chi connectivity index (χ4n) is 3.55. The Kier molecular flexibility index (Phi) is 6.28. The molecule has 2 aromatic heterocycles. The van der Waals surface area contributed by atoms with Gasteiger partial charge in [-0.1, -0.05) is 30.3 Å². The molecule has 2 heterocycles. The molecule has 1 amide bonds. The molecule has 168 valence electrons. The summed E-state index contributed by atoms with van der Waals surface area (Å²) >= 11 is 1.23. The fraction of sp³-hybridized carbons (Fsp3) is 0.160. The number of aryl methyl sites for hydroxylation is 1. The number of hydrogen-bond acceptors (Lipinski definition) is 7. The minimum atomic E-state index is -0.758. The van der Waals surface area contributed by atoms with Gasteiger partial charge in [0.05, 0.1) is 13.7 Å². The molecule has 0 aliphatic carbocycles. The number of hydrogen-bond donors (Lipinski definition) is 1. The van der Waals surface area contributed by atoms with E-state index in [1.54, 1.807) is 24.3 Å². The molecule has 2 aromatic carbocycles. The zero-order valence-corrected chi connectivity index (χ0v) is 19.1. The van der Waals surface area contributed by atoms with E-state index in [2.05, 4.69) is 5.32 Å². The highest BCUT2D eigenvalue weighted by Gasteiger charge is 2.26. The van der Waals surface area contributed by atoms with Gasteiger partial charge in [0, 0.05) is 15.8 Å². The van der Waals surface area contributed by atoms with Crippen LogP contribution in [0.4, 0.5) is 5.00 Å². The van der Waals surface area contributed by atoms with Crippen molar-refractivity contribution >= 4 is 39.2 Å². The second-order valence-electron chi connectivity index (χ2n) is 7.13. The monoisotopic (exact) mass is 463 g/mol. The highest BCUT2D eigenvalue weighted by molar-refractivity contribution is 7.17. The molecular formula is C25H21NO6S. The first-order valence-corrected chi connectivity index (χ1v) is 11.0. The molecule has 0 aliphatic rings. The first-order valence-electron chi connectivity index (χ1n) is 10.2. The van der Waals surface area contributed by atoms with Crippen molar-refractivity contribution in [1.82, 2.24) is 0 Å². The Morgan fingerprint density at radius 3 is 2.52 bits per heavy atom. The van der Waals surface area contributed by atoms with E-state index >= 15 is 0 Å². The third-order valence-electron chi connectivity index (χ3n) is 5.04. The number of anilines is 1. The van der Waals surface area contributed by atoms with Crippen LogP contribution >= 0.6 is 11.3 Å². The van der Waals surface area contributed by atoms with E-state index in [9.17, 15) is 14.4 Å². The van der Waals surface area contributed by atoms with E-state index in [1.807, 2.05) is 38.1 Å². The summed E-state index contributed by atoms with van der Waals surface area (Å²) < 4.78 is 15.7. The van der Waals surface area contributed by atoms with Crippen LogP contribution in [0, 0.1) is 6.92 Å². The number of carbonyl (C=O) groups is 2. The summed E-state index contributed by atoms with van der Waals surface area (Å²) in [5.74, 6) is -0.548. The van der Waals surface area contributed by atoms with E-state index < -0.39 is 17.5 Å². The van der Waals surface area contributed by atoms with Gasteiger partial charge in [0.2, 0.25) is 0 Å². The van der Waals surface area contributed by atoms with Gasteiger partial charge in [-0.2, -0.15) is 0 Å². The Balaban J connectivity index is 1.74. The number of methoxy groups -OCH3 is 1. The molecule has 0 fully saturated rings. The van der Waals surface area contributed by atoms with Gasteiger partial charge in [0.25, 0.3) is 5.91 Å². The number of amides is 1. The van der Waals surface area contributed by atoms with Crippen molar-refractivity contribution in [3.63, 3.8) is 0 Å². The maximum Gasteiger partial charge on any atom is 0.349 e. The van der Waals surface area contributed by atoms with Gasteiger partial charge < -0.3 is 19.2 Å². The predicted molar refractivity (Wildman–Crippen MR) is 127 cm³/mol. The Labute approximate surface area is 193 Å². The topological polar surface area (TPSA) is 94.8 Å². The quantitative estimate of drug-likeness (QED) is 0.309. The van der Waals surface area contributed by atoms with Gasteiger partial charge in [-0.3, -0.25) is 4.79 Å². The van der Waals surface area contributed by atoms with Gasteiger partial charge in [0.1, 0.15) is 27.5 Å². The highest BCUT2D eigenvalue weighted by atomic mass is 32.1. The summed E-state index contributed by atoms with van der Waals surface area (Å²) in [6, 6.07) is 15.7. The van der Waals surface area contributed by atoms with E-state index in [0.29, 0.717) is 33.9 Å². The van der Waals surface area contributed by atoms with Crippen molar-refractivity contribution < 1.29 is 23.5 Å². The van der Waals surface area contributed by atoms with Crippen LogP contribution in [-0.4, -0.2) is 25.6 Å². The van der Waals surface area contributed by atoms with Crippen molar-refractivity contribution in [1.29, 1.82) is 0 Å². The lowest BCUT2D eigenvalue weighted by Crippen LogP contribution is -2.21. The second-order valence-corrected chi connectivity index (χ2v) is 8.35. The SMILES string of the molecule is CCOc1ccc(-c2c(C)sc(NC(=O)c3cc4ccccc4oc3=O)c2C(=O)OC)cc1. The van der Waals surface area contributed by atoms with Gasteiger partial charge in [0.15, 0.2) is 0 Å². The van der Waals surface area contributed by atoms with Crippen molar-refractivity contribution in [2.45, 2.75) is 13.8 Å². The van der Waals surface area contributed by atoms with Crippen LogP contribution in [0.1, 0.15) is 32.5 Å².